The molecule has 0 unspecified atom stereocenters. The smallest absolute Gasteiger partial charge is 0.283 e. The van der Waals surface area contributed by atoms with E-state index in [1.807, 2.05) is 6.92 Å². The van der Waals surface area contributed by atoms with E-state index in [1.54, 1.807) is 54.6 Å². The number of benzene rings is 3. The number of carbonyl (C=O) groups is 3. The minimum Gasteiger partial charge on any atom is -0.350 e. The monoisotopic (exact) mass is 533 g/mol. The first kappa shape index (κ1) is 24.1. The Hall–Kier alpha value is -3.03. The van der Waals surface area contributed by atoms with Crippen LogP contribution in [0.25, 0.3) is 0 Å². The zero-order valence-corrected chi connectivity index (χ0v) is 20.5. The maximum atomic E-state index is 12.9. The van der Waals surface area contributed by atoms with E-state index in [-0.39, 0.29) is 15.8 Å². The lowest BCUT2D eigenvalue weighted by atomic mass is 10.2. The van der Waals surface area contributed by atoms with Gasteiger partial charge in [-0.25, -0.2) is 4.90 Å². The van der Waals surface area contributed by atoms with Crippen LogP contribution in [0.5, 0.6) is 0 Å². The Morgan fingerprint density at radius 1 is 0.853 bits per heavy atom. The maximum Gasteiger partial charge on any atom is 0.283 e. The predicted octanol–water partition coefficient (Wildman–Crippen LogP) is 6.64. The van der Waals surface area contributed by atoms with Crippen LogP contribution in [0.2, 0.25) is 15.1 Å². The van der Waals surface area contributed by atoms with Gasteiger partial charge in [-0.05, 0) is 61.0 Å². The van der Waals surface area contributed by atoms with Crippen molar-refractivity contribution in [2.45, 2.75) is 6.92 Å². The van der Waals surface area contributed by atoms with Crippen molar-refractivity contribution in [2.75, 3.05) is 15.5 Å². The summed E-state index contributed by atoms with van der Waals surface area (Å²) in [6, 6.07) is 16.0. The maximum absolute atomic E-state index is 12.9. The van der Waals surface area contributed by atoms with Crippen molar-refractivity contribution in [3.05, 3.63) is 97.6 Å². The molecule has 6 nitrogen and oxygen atoms in total. The normalized spacial score (nSPS) is 13.5. The number of hydrogen-bond acceptors (Lipinski definition) is 4. The van der Waals surface area contributed by atoms with Gasteiger partial charge in [-0.1, -0.05) is 58.5 Å². The van der Waals surface area contributed by atoms with Crippen LogP contribution in [-0.2, 0) is 9.59 Å². The topological polar surface area (TPSA) is 78.5 Å². The minimum atomic E-state index is -0.663. The molecular weight excluding hydrogens is 520 g/mol. The molecule has 172 valence electrons. The first-order chi connectivity index (χ1) is 16.2. The van der Waals surface area contributed by atoms with Gasteiger partial charge >= 0.3 is 0 Å². The van der Waals surface area contributed by atoms with Crippen molar-refractivity contribution >= 4 is 81.2 Å². The van der Waals surface area contributed by atoms with Crippen LogP contribution >= 0.6 is 46.4 Å². The van der Waals surface area contributed by atoms with Crippen LogP contribution in [0.4, 0.5) is 17.1 Å². The van der Waals surface area contributed by atoms with E-state index < -0.39 is 17.7 Å². The van der Waals surface area contributed by atoms with Crippen LogP contribution in [0.3, 0.4) is 0 Å². The van der Waals surface area contributed by atoms with E-state index in [2.05, 4.69) is 10.6 Å². The Kier molecular flexibility index (Phi) is 6.86. The van der Waals surface area contributed by atoms with Crippen molar-refractivity contribution in [3.63, 3.8) is 0 Å². The molecule has 0 bridgehead atoms. The summed E-state index contributed by atoms with van der Waals surface area (Å²) >= 11 is 24.4. The summed E-state index contributed by atoms with van der Waals surface area (Å²) in [4.78, 5) is 39.1. The lowest BCUT2D eigenvalue weighted by Crippen LogP contribution is -2.32. The van der Waals surface area contributed by atoms with Gasteiger partial charge in [-0.2, -0.15) is 0 Å². The highest BCUT2D eigenvalue weighted by atomic mass is 35.5. The molecule has 0 fully saturated rings. The zero-order valence-electron chi connectivity index (χ0n) is 17.5. The van der Waals surface area contributed by atoms with Gasteiger partial charge in [-0.3, -0.25) is 14.4 Å². The summed E-state index contributed by atoms with van der Waals surface area (Å²) in [6.07, 6.45) is 0. The number of rotatable bonds is 5. The van der Waals surface area contributed by atoms with E-state index in [4.69, 9.17) is 46.4 Å². The Bertz CT molecular complexity index is 1370. The van der Waals surface area contributed by atoms with Crippen molar-refractivity contribution in [3.8, 4) is 0 Å². The standard InChI is InChI=1S/C24H15Cl4N3O3/c1-12-5-10-15(11-17(12)26)31-23(33)20(28)21(24(31)34)29-14-8-6-13(7-9-14)22(32)30-18-4-2-3-16(25)19(18)27/h2-11,29H,1H3,(H,30,32). The van der Waals surface area contributed by atoms with E-state index in [1.165, 1.54) is 6.07 Å². The van der Waals surface area contributed by atoms with Gasteiger partial charge in [0.1, 0.15) is 10.7 Å². The molecule has 1 aliphatic heterocycles. The lowest BCUT2D eigenvalue weighted by molar-refractivity contribution is -0.120. The second kappa shape index (κ2) is 9.68. The largest absolute Gasteiger partial charge is 0.350 e. The first-order valence-corrected chi connectivity index (χ1v) is 11.4. The Morgan fingerprint density at radius 3 is 2.24 bits per heavy atom. The Labute approximate surface area is 215 Å². The van der Waals surface area contributed by atoms with Gasteiger partial charge in [0.2, 0.25) is 0 Å². The molecule has 10 heteroatoms. The van der Waals surface area contributed by atoms with Gasteiger partial charge in [0.15, 0.2) is 0 Å². The van der Waals surface area contributed by atoms with Gasteiger partial charge in [0.05, 0.1) is 21.4 Å². The van der Waals surface area contributed by atoms with E-state index in [0.717, 1.165) is 10.5 Å². The number of aryl methyl sites for hydroxylation is 1. The van der Waals surface area contributed by atoms with Crippen molar-refractivity contribution in [1.82, 2.24) is 0 Å². The number of nitrogens with zero attached hydrogens (tertiary/aromatic N) is 1. The third kappa shape index (κ3) is 4.63. The molecule has 3 amide bonds. The molecule has 4 rings (SSSR count). The lowest BCUT2D eigenvalue weighted by Gasteiger charge is -2.16. The Morgan fingerprint density at radius 2 is 1.56 bits per heavy atom. The molecule has 0 spiro atoms. The van der Waals surface area contributed by atoms with Gasteiger partial charge < -0.3 is 10.6 Å². The fourth-order valence-electron chi connectivity index (χ4n) is 3.21. The highest BCUT2D eigenvalue weighted by Crippen LogP contribution is 2.33. The number of halogens is 4. The second-order valence-corrected chi connectivity index (χ2v) is 8.90. The molecule has 3 aromatic rings. The first-order valence-electron chi connectivity index (χ1n) is 9.84. The summed E-state index contributed by atoms with van der Waals surface area (Å²) in [5.74, 6) is -1.68. The molecule has 0 aliphatic carbocycles. The quantitative estimate of drug-likeness (QED) is 0.359. The predicted molar refractivity (Wildman–Crippen MR) is 136 cm³/mol. The summed E-state index contributed by atoms with van der Waals surface area (Å²) in [5.41, 5.74) is 2.22. The van der Waals surface area contributed by atoms with Crippen molar-refractivity contribution in [2.24, 2.45) is 0 Å². The summed E-state index contributed by atoms with van der Waals surface area (Å²) in [6.45, 7) is 1.81. The molecule has 3 aromatic carbocycles. The molecule has 1 heterocycles. The van der Waals surface area contributed by atoms with Crippen LogP contribution < -0.4 is 15.5 Å². The molecule has 34 heavy (non-hydrogen) atoms. The molecule has 0 atom stereocenters. The van der Waals surface area contributed by atoms with E-state index in [0.29, 0.717) is 32.7 Å². The van der Waals surface area contributed by atoms with Crippen molar-refractivity contribution < 1.29 is 14.4 Å². The molecule has 0 radical (unpaired) electrons. The number of anilines is 3. The molecule has 2 N–H and O–H groups in total. The fourth-order valence-corrected chi connectivity index (χ4v) is 3.95. The molecule has 0 aromatic heterocycles. The van der Waals surface area contributed by atoms with Crippen LogP contribution in [0, 0.1) is 6.92 Å². The van der Waals surface area contributed by atoms with Crippen LogP contribution in [-0.4, -0.2) is 17.7 Å². The molecule has 0 saturated heterocycles. The number of carbonyl (C=O) groups excluding carboxylic acids is 3. The number of nitrogens with one attached hydrogen (secondary N) is 2. The third-order valence-electron chi connectivity index (χ3n) is 5.06. The molecule has 1 aliphatic rings. The highest BCUT2D eigenvalue weighted by molar-refractivity contribution is 6.53. The van der Waals surface area contributed by atoms with Gasteiger partial charge in [0, 0.05) is 16.3 Å². The molecule has 0 saturated carbocycles. The number of hydrogen-bond donors (Lipinski definition) is 2. The second-order valence-electron chi connectivity index (χ2n) is 7.33. The van der Waals surface area contributed by atoms with Crippen LogP contribution in [0.1, 0.15) is 15.9 Å². The average Bonchev–Trinajstić information content (AvgIpc) is 3.02. The SMILES string of the molecule is Cc1ccc(N2C(=O)C(Cl)=C(Nc3ccc(C(=O)Nc4cccc(Cl)c4Cl)cc3)C2=O)cc1Cl. The average molecular weight is 535 g/mol. The van der Waals surface area contributed by atoms with E-state index >= 15 is 0 Å². The third-order valence-corrected chi connectivity index (χ3v) is 6.63. The van der Waals surface area contributed by atoms with Crippen LogP contribution in [0.15, 0.2) is 71.4 Å². The van der Waals surface area contributed by atoms with E-state index in [9.17, 15) is 14.4 Å². The van der Waals surface area contributed by atoms with Crippen molar-refractivity contribution in [1.29, 1.82) is 0 Å². The van der Waals surface area contributed by atoms with Gasteiger partial charge in [-0.15, -0.1) is 0 Å². The molecular formula is C24H15Cl4N3O3. The zero-order chi connectivity index (χ0) is 24.6. The number of amides is 3. The Balaban J connectivity index is 1.50. The fraction of sp³-hybridized carbons (Fsp3) is 0.0417. The highest BCUT2D eigenvalue weighted by Gasteiger charge is 2.39. The minimum absolute atomic E-state index is 0.0775. The summed E-state index contributed by atoms with van der Waals surface area (Å²) in [5, 5.41) is 6.28. The summed E-state index contributed by atoms with van der Waals surface area (Å²) < 4.78 is 0. The summed E-state index contributed by atoms with van der Waals surface area (Å²) in [7, 11) is 0. The van der Waals surface area contributed by atoms with Gasteiger partial charge in [0.25, 0.3) is 17.7 Å². The number of imide groups is 1.